The van der Waals surface area contributed by atoms with Crippen LogP contribution in [0.1, 0.15) is 44.2 Å². The maximum absolute atomic E-state index is 12.6. The molecule has 1 aromatic rings. The number of aryl methyl sites for hydroxylation is 1. The van der Waals surface area contributed by atoms with Gasteiger partial charge >= 0.3 is 5.97 Å². The van der Waals surface area contributed by atoms with Gasteiger partial charge in [0.05, 0.1) is 0 Å². The van der Waals surface area contributed by atoms with E-state index in [0.717, 1.165) is 31.4 Å². The maximum Gasteiger partial charge on any atom is 0.326 e. The zero-order chi connectivity index (χ0) is 15.5. The minimum Gasteiger partial charge on any atom is -0.480 e. The van der Waals surface area contributed by atoms with E-state index in [9.17, 15) is 14.7 Å². The van der Waals surface area contributed by atoms with E-state index in [4.69, 9.17) is 0 Å². The van der Waals surface area contributed by atoms with E-state index in [-0.39, 0.29) is 11.9 Å². The number of likely N-dealkylation sites (tertiary alicyclic amines) is 1. The molecule has 1 N–H and O–H groups in total. The van der Waals surface area contributed by atoms with Crippen molar-refractivity contribution in [1.82, 2.24) is 9.88 Å². The van der Waals surface area contributed by atoms with E-state index < -0.39 is 12.0 Å². The molecule has 1 aliphatic carbocycles. The topological polar surface area (TPSA) is 70.5 Å². The lowest BCUT2D eigenvalue weighted by Crippen LogP contribution is -2.46. The number of fused-ring (bicyclic) bond motifs is 1. The van der Waals surface area contributed by atoms with E-state index in [1.807, 2.05) is 18.2 Å². The fourth-order valence-corrected chi connectivity index (χ4v) is 3.95. The number of nitrogens with zero attached hydrogens (tertiary/aromatic N) is 2. The van der Waals surface area contributed by atoms with Crippen molar-refractivity contribution in [3.05, 3.63) is 30.1 Å². The molecule has 1 saturated carbocycles. The van der Waals surface area contributed by atoms with Gasteiger partial charge in [0.1, 0.15) is 6.04 Å². The number of aromatic nitrogens is 1. The van der Waals surface area contributed by atoms with E-state index in [0.29, 0.717) is 25.2 Å². The van der Waals surface area contributed by atoms with Crippen molar-refractivity contribution in [3.8, 4) is 0 Å². The van der Waals surface area contributed by atoms with Crippen LogP contribution in [0.3, 0.4) is 0 Å². The van der Waals surface area contributed by atoms with Crippen LogP contribution >= 0.6 is 0 Å². The quantitative estimate of drug-likeness (QED) is 0.926. The van der Waals surface area contributed by atoms with Crippen LogP contribution in [0.25, 0.3) is 0 Å². The summed E-state index contributed by atoms with van der Waals surface area (Å²) in [5.74, 6) is -0.526. The number of carboxylic acid groups (broad SMARTS) is 1. The summed E-state index contributed by atoms with van der Waals surface area (Å²) in [4.78, 5) is 30.1. The summed E-state index contributed by atoms with van der Waals surface area (Å²) in [6, 6.07) is 5.14. The van der Waals surface area contributed by atoms with Crippen LogP contribution in [-0.4, -0.2) is 39.0 Å². The zero-order valence-corrected chi connectivity index (χ0v) is 12.6. The highest BCUT2D eigenvalue weighted by Gasteiger charge is 2.47. The van der Waals surface area contributed by atoms with Crippen LogP contribution in [-0.2, 0) is 16.0 Å². The molecule has 5 heteroatoms. The minimum atomic E-state index is -0.861. The molecular formula is C17H22N2O3. The van der Waals surface area contributed by atoms with Gasteiger partial charge in [0.15, 0.2) is 0 Å². The first-order valence-corrected chi connectivity index (χ1v) is 8.10. The van der Waals surface area contributed by atoms with Crippen LogP contribution in [0, 0.1) is 5.92 Å². The first-order chi connectivity index (χ1) is 10.7. The molecule has 2 fully saturated rings. The van der Waals surface area contributed by atoms with Gasteiger partial charge < -0.3 is 10.0 Å². The fourth-order valence-electron chi connectivity index (χ4n) is 3.95. The van der Waals surface area contributed by atoms with Crippen LogP contribution < -0.4 is 0 Å². The highest BCUT2D eigenvalue weighted by atomic mass is 16.4. The average molecular weight is 302 g/mol. The first kappa shape index (κ1) is 15.0. The molecule has 3 unspecified atom stereocenters. The summed E-state index contributed by atoms with van der Waals surface area (Å²) >= 11 is 0. The number of carboxylic acids is 1. The van der Waals surface area contributed by atoms with Gasteiger partial charge in [0.2, 0.25) is 5.91 Å². The Bertz CT molecular complexity index is 546. The van der Waals surface area contributed by atoms with Gasteiger partial charge in [0.25, 0.3) is 0 Å². The Hall–Kier alpha value is -1.91. The molecule has 0 spiro atoms. The molecule has 2 heterocycles. The van der Waals surface area contributed by atoms with Crippen LogP contribution in [0.15, 0.2) is 24.4 Å². The third-order valence-electron chi connectivity index (χ3n) is 4.98. The molecule has 3 rings (SSSR count). The second-order valence-electron chi connectivity index (χ2n) is 6.32. The molecule has 22 heavy (non-hydrogen) atoms. The third-order valence-corrected chi connectivity index (χ3v) is 4.98. The predicted molar refractivity (Wildman–Crippen MR) is 81.2 cm³/mol. The van der Waals surface area contributed by atoms with Gasteiger partial charge in [0, 0.05) is 24.4 Å². The molecule has 1 saturated heterocycles. The number of hydrogen-bond acceptors (Lipinski definition) is 3. The summed E-state index contributed by atoms with van der Waals surface area (Å²) in [5, 5.41) is 9.46. The molecule has 118 valence electrons. The van der Waals surface area contributed by atoms with Gasteiger partial charge in [-0.3, -0.25) is 9.78 Å². The largest absolute Gasteiger partial charge is 0.480 e. The molecule has 2 aliphatic rings. The van der Waals surface area contributed by atoms with Gasteiger partial charge in [-0.25, -0.2) is 4.79 Å². The van der Waals surface area contributed by atoms with E-state index >= 15 is 0 Å². The smallest absolute Gasteiger partial charge is 0.326 e. The molecule has 0 bridgehead atoms. The van der Waals surface area contributed by atoms with Crippen molar-refractivity contribution in [2.24, 2.45) is 5.92 Å². The summed E-state index contributed by atoms with van der Waals surface area (Å²) in [5.41, 5.74) is 0.877. The Morgan fingerprint density at radius 1 is 1.27 bits per heavy atom. The number of aliphatic carboxylic acids is 1. The Morgan fingerprint density at radius 3 is 2.82 bits per heavy atom. The molecule has 1 aliphatic heterocycles. The molecule has 0 radical (unpaired) electrons. The lowest BCUT2D eigenvalue weighted by Gasteiger charge is -2.33. The average Bonchev–Trinajstić information content (AvgIpc) is 2.93. The predicted octanol–water partition coefficient (Wildman–Crippen LogP) is 2.26. The van der Waals surface area contributed by atoms with Gasteiger partial charge in [-0.2, -0.15) is 0 Å². The van der Waals surface area contributed by atoms with Crippen molar-refractivity contribution in [2.75, 3.05) is 0 Å². The van der Waals surface area contributed by atoms with Crippen molar-refractivity contribution in [3.63, 3.8) is 0 Å². The number of hydrogen-bond donors (Lipinski definition) is 1. The second-order valence-corrected chi connectivity index (χ2v) is 6.32. The van der Waals surface area contributed by atoms with Crippen LogP contribution in [0.4, 0.5) is 0 Å². The Morgan fingerprint density at radius 2 is 2.09 bits per heavy atom. The Balaban J connectivity index is 1.69. The summed E-state index contributed by atoms with van der Waals surface area (Å²) in [7, 11) is 0. The maximum atomic E-state index is 12.6. The third kappa shape index (κ3) is 2.98. The summed E-state index contributed by atoms with van der Waals surface area (Å²) in [6.07, 6.45) is 7.50. The minimum absolute atomic E-state index is 0.0348. The van der Waals surface area contributed by atoms with E-state index in [1.54, 1.807) is 11.1 Å². The zero-order valence-electron chi connectivity index (χ0n) is 12.6. The van der Waals surface area contributed by atoms with Gasteiger partial charge in [-0.1, -0.05) is 18.9 Å². The van der Waals surface area contributed by atoms with E-state index in [2.05, 4.69) is 4.98 Å². The highest BCUT2D eigenvalue weighted by Crippen LogP contribution is 2.40. The lowest BCUT2D eigenvalue weighted by atomic mass is 9.84. The van der Waals surface area contributed by atoms with E-state index in [1.165, 1.54) is 0 Å². The monoisotopic (exact) mass is 302 g/mol. The van der Waals surface area contributed by atoms with Crippen molar-refractivity contribution >= 4 is 11.9 Å². The number of pyridine rings is 1. The second kappa shape index (κ2) is 6.46. The first-order valence-electron chi connectivity index (χ1n) is 8.10. The van der Waals surface area contributed by atoms with Gasteiger partial charge in [-0.05, 0) is 43.7 Å². The number of carbonyl (C=O) groups is 2. The van der Waals surface area contributed by atoms with Gasteiger partial charge in [-0.15, -0.1) is 0 Å². The molecule has 0 aromatic carbocycles. The Kier molecular flexibility index (Phi) is 4.41. The van der Waals surface area contributed by atoms with Crippen LogP contribution in [0.2, 0.25) is 0 Å². The molecule has 3 atom stereocenters. The summed E-state index contributed by atoms with van der Waals surface area (Å²) < 4.78 is 0. The lowest BCUT2D eigenvalue weighted by molar-refractivity contribution is -0.149. The van der Waals surface area contributed by atoms with Crippen molar-refractivity contribution < 1.29 is 14.7 Å². The number of carbonyl (C=O) groups excluding carboxylic acids is 1. The molecule has 1 aromatic heterocycles. The molecular weight excluding hydrogens is 280 g/mol. The number of rotatable bonds is 4. The SMILES string of the molecule is O=C(O)C1CC2CCCCC2N1C(=O)CCc1ccccn1. The highest BCUT2D eigenvalue weighted by molar-refractivity contribution is 5.85. The standard InChI is InChI=1S/C17H22N2O3/c20-16(9-8-13-6-3-4-10-18-13)19-14-7-2-1-5-12(14)11-15(19)17(21)22/h3-4,6,10,12,14-15H,1-2,5,7-9,11H2,(H,21,22). The van der Waals surface area contributed by atoms with Crippen LogP contribution in [0.5, 0.6) is 0 Å². The molecule has 1 amide bonds. The Labute approximate surface area is 130 Å². The summed E-state index contributed by atoms with van der Waals surface area (Å²) in [6.45, 7) is 0. The fraction of sp³-hybridized carbons (Fsp3) is 0.588. The normalized spacial score (nSPS) is 27.5. The molecule has 5 nitrogen and oxygen atoms in total. The van der Waals surface area contributed by atoms with Crippen molar-refractivity contribution in [2.45, 2.75) is 57.0 Å². The van der Waals surface area contributed by atoms with Crippen molar-refractivity contribution in [1.29, 1.82) is 0 Å². The number of amides is 1.